The Morgan fingerprint density at radius 1 is 1.05 bits per heavy atom. The van der Waals surface area contributed by atoms with E-state index in [1.54, 1.807) is 12.1 Å². The summed E-state index contributed by atoms with van der Waals surface area (Å²) < 4.78 is 13.1. The molecule has 3 heteroatoms. The molecule has 0 bridgehead atoms. The van der Waals surface area contributed by atoms with Crippen LogP contribution in [0, 0.1) is 5.82 Å². The minimum absolute atomic E-state index is 0.0408. The van der Waals surface area contributed by atoms with Crippen LogP contribution in [0.2, 0.25) is 0 Å². The van der Waals surface area contributed by atoms with E-state index in [2.05, 4.69) is 12.1 Å². The predicted octanol–water partition coefficient (Wildman–Crippen LogP) is 3.46. The second-order valence-electron chi connectivity index (χ2n) is 5.02. The number of nitrogens with zero attached hydrogens (tertiary/aromatic N) is 1. The normalized spacial score (nSPS) is 10.4. The Hall–Kier alpha value is -2.16. The van der Waals surface area contributed by atoms with E-state index in [-0.39, 0.29) is 18.1 Å². The molecule has 0 saturated carbocycles. The molecule has 2 nitrogen and oxygen atoms in total. The summed E-state index contributed by atoms with van der Waals surface area (Å²) in [5.74, 6) is -0.258. The lowest BCUT2D eigenvalue weighted by molar-refractivity contribution is -0.130. The van der Waals surface area contributed by atoms with Gasteiger partial charge in [-0.3, -0.25) is 4.79 Å². The molecule has 0 aromatic heterocycles. The van der Waals surface area contributed by atoms with Crippen molar-refractivity contribution in [1.82, 2.24) is 4.90 Å². The van der Waals surface area contributed by atoms with Crippen molar-refractivity contribution in [1.29, 1.82) is 0 Å². The molecule has 110 valence electrons. The Morgan fingerprint density at radius 3 is 2.43 bits per heavy atom. The van der Waals surface area contributed by atoms with Gasteiger partial charge in [0.25, 0.3) is 0 Å². The summed E-state index contributed by atoms with van der Waals surface area (Å²) in [4.78, 5) is 14.1. The maximum Gasteiger partial charge on any atom is 0.226 e. The van der Waals surface area contributed by atoms with E-state index in [0.29, 0.717) is 13.1 Å². The van der Waals surface area contributed by atoms with E-state index in [4.69, 9.17) is 0 Å². The predicted molar refractivity (Wildman–Crippen MR) is 82.5 cm³/mol. The molecule has 0 aliphatic carbocycles. The fourth-order valence-corrected chi connectivity index (χ4v) is 2.30. The van der Waals surface area contributed by atoms with Crippen molar-refractivity contribution >= 4 is 5.91 Å². The average Bonchev–Trinajstić information content (AvgIpc) is 2.49. The molecule has 0 aliphatic heterocycles. The van der Waals surface area contributed by atoms with E-state index >= 15 is 0 Å². The Morgan fingerprint density at radius 2 is 1.76 bits per heavy atom. The topological polar surface area (TPSA) is 20.3 Å². The maximum absolute atomic E-state index is 13.1. The van der Waals surface area contributed by atoms with Crippen LogP contribution < -0.4 is 0 Å². The third-order valence-electron chi connectivity index (χ3n) is 3.49. The van der Waals surface area contributed by atoms with Crippen molar-refractivity contribution in [2.45, 2.75) is 19.8 Å². The van der Waals surface area contributed by atoms with Crippen molar-refractivity contribution < 1.29 is 9.18 Å². The lowest BCUT2D eigenvalue weighted by Crippen LogP contribution is -2.33. The molecule has 1 amide bonds. The molecule has 0 atom stereocenters. The second-order valence-corrected chi connectivity index (χ2v) is 5.02. The average molecular weight is 285 g/mol. The molecular formula is C18H20FNO. The van der Waals surface area contributed by atoms with Gasteiger partial charge in [-0.05, 0) is 36.6 Å². The molecule has 0 unspecified atom stereocenters. The van der Waals surface area contributed by atoms with Crippen LogP contribution in [0.1, 0.15) is 18.1 Å². The van der Waals surface area contributed by atoms with Gasteiger partial charge < -0.3 is 4.90 Å². The first-order chi connectivity index (χ1) is 10.2. The molecule has 2 aromatic carbocycles. The van der Waals surface area contributed by atoms with Gasteiger partial charge in [-0.1, -0.05) is 42.5 Å². The molecule has 0 aliphatic rings. The fourth-order valence-electron chi connectivity index (χ4n) is 2.30. The SMILES string of the molecule is CCN(CCc1ccccc1)C(=O)Cc1cccc(F)c1. The van der Waals surface area contributed by atoms with Gasteiger partial charge >= 0.3 is 0 Å². The van der Waals surface area contributed by atoms with Crippen LogP contribution in [0.3, 0.4) is 0 Å². The van der Waals surface area contributed by atoms with Crippen LogP contribution >= 0.6 is 0 Å². The number of carbonyl (C=O) groups is 1. The summed E-state index contributed by atoms with van der Waals surface area (Å²) in [6.07, 6.45) is 1.09. The summed E-state index contributed by atoms with van der Waals surface area (Å²) >= 11 is 0. The van der Waals surface area contributed by atoms with Gasteiger partial charge in [-0.15, -0.1) is 0 Å². The minimum Gasteiger partial charge on any atom is -0.342 e. The molecular weight excluding hydrogens is 265 g/mol. The van der Waals surface area contributed by atoms with Crippen molar-refractivity contribution in [3.05, 3.63) is 71.5 Å². The highest BCUT2D eigenvalue weighted by Crippen LogP contribution is 2.07. The van der Waals surface area contributed by atoms with E-state index in [1.807, 2.05) is 30.0 Å². The monoisotopic (exact) mass is 285 g/mol. The Labute approximate surface area is 125 Å². The van der Waals surface area contributed by atoms with Gasteiger partial charge in [0.05, 0.1) is 6.42 Å². The van der Waals surface area contributed by atoms with E-state index in [1.165, 1.54) is 17.7 Å². The molecule has 0 saturated heterocycles. The zero-order valence-corrected chi connectivity index (χ0v) is 12.3. The molecule has 0 spiro atoms. The molecule has 21 heavy (non-hydrogen) atoms. The van der Waals surface area contributed by atoms with Gasteiger partial charge in [0.2, 0.25) is 5.91 Å². The van der Waals surface area contributed by atoms with Crippen molar-refractivity contribution in [3.63, 3.8) is 0 Å². The highest BCUT2D eigenvalue weighted by Gasteiger charge is 2.12. The highest BCUT2D eigenvalue weighted by atomic mass is 19.1. The zero-order valence-electron chi connectivity index (χ0n) is 12.3. The summed E-state index contributed by atoms with van der Waals surface area (Å²) in [5, 5.41) is 0. The van der Waals surface area contributed by atoms with E-state index < -0.39 is 0 Å². The summed E-state index contributed by atoms with van der Waals surface area (Å²) in [5.41, 5.74) is 1.94. The first-order valence-electron chi connectivity index (χ1n) is 7.25. The van der Waals surface area contributed by atoms with Gasteiger partial charge in [-0.2, -0.15) is 0 Å². The van der Waals surface area contributed by atoms with Crippen LogP contribution in [-0.4, -0.2) is 23.9 Å². The second kappa shape index (κ2) is 7.58. The lowest BCUT2D eigenvalue weighted by Gasteiger charge is -2.21. The number of hydrogen-bond donors (Lipinski definition) is 0. The molecule has 0 N–H and O–H groups in total. The number of carbonyl (C=O) groups excluding carboxylic acids is 1. The summed E-state index contributed by atoms with van der Waals surface area (Å²) in [6.45, 7) is 3.32. The molecule has 0 radical (unpaired) electrons. The number of rotatable bonds is 6. The lowest BCUT2D eigenvalue weighted by atomic mass is 10.1. The number of amides is 1. The Bertz CT molecular complexity index is 583. The number of benzene rings is 2. The Balaban J connectivity index is 1.92. The van der Waals surface area contributed by atoms with Crippen LogP contribution in [0.5, 0.6) is 0 Å². The molecule has 2 aromatic rings. The van der Waals surface area contributed by atoms with Crippen molar-refractivity contribution in [2.75, 3.05) is 13.1 Å². The number of hydrogen-bond acceptors (Lipinski definition) is 1. The van der Waals surface area contributed by atoms with Crippen molar-refractivity contribution in [2.24, 2.45) is 0 Å². The first-order valence-corrected chi connectivity index (χ1v) is 7.25. The van der Waals surface area contributed by atoms with Crippen LogP contribution in [0.15, 0.2) is 54.6 Å². The summed E-state index contributed by atoms with van der Waals surface area (Å²) in [6, 6.07) is 16.3. The van der Waals surface area contributed by atoms with Gasteiger partial charge in [0.1, 0.15) is 5.82 Å². The summed E-state index contributed by atoms with van der Waals surface area (Å²) in [7, 11) is 0. The largest absolute Gasteiger partial charge is 0.342 e. The Kier molecular flexibility index (Phi) is 5.50. The highest BCUT2D eigenvalue weighted by molar-refractivity contribution is 5.78. The van der Waals surface area contributed by atoms with Crippen LogP contribution in [0.4, 0.5) is 4.39 Å². The van der Waals surface area contributed by atoms with Gasteiger partial charge in [-0.25, -0.2) is 4.39 Å². The standard InChI is InChI=1S/C18H20FNO/c1-2-20(12-11-15-7-4-3-5-8-15)18(21)14-16-9-6-10-17(19)13-16/h3-10,13H,2,11-12,14H2,1H3. The third kappa shape index (κ3) is 4.71. The van der Waals surface area contributed by atoms with E-state index in [9.17, 15) is 9.18 Å². The zero-order chi connectivity index (χ0) is 15.1. The first kappa shape index (κ1) is 15.2. The quantitative estimate of drug-likeness (QED) is 0.796. The fraction of sp³-hybridized carbons (Fsp3) is 0.278. The van der Waals surface area contributed by atoms with E-state index in [0.717, 1.165) is 12.0 Å². The smallest absolute Gasteiger partial charge is 0.226 e. The molecule has 0 fully saturated rings. The van der Waals surface area contributed by atoms with Gasteiger partial charge in [0.15, 0.2) is 0 Å². The molecule has 2 rings (SSSR count). The number of likely N-dealkylation sites (N-methyl/N-ethyl adjacent to an activating group) is 1. The molecule has 0 heterocycles. The minimum atomic E-state index is -0.298. The number of halogens is 1. The maximum atomic E-state index is 13.1. The van der Waals surface area contributed by atoms with Crippen LogP contribution in [-0.2, 0) is 17.6 Å². The van der Waals surface area contributed by atoms with Crippen LogP contribution in [0.25, 0.3) is 0 Å². The van der Waals surface area contributed by atoms with Crippen molar-refractivity contribution in [3.8, 4) is 0 Å². The third-order valence-corrected chi connectivity index (χ3v) is 3.49. The van der Waals surface area contributed by atoms with Gasteiger partial charge in [0, 0.05) is 13.1 Å².